The average Bonchev–Trinajstić information content (AvgIpc) is 2.95. The van der Waals surface area contributed by atoms with Crippen molar-refractivity contribution in [3.8, 4) is 0 Å². The lowest BCUT2D eigenvalue weighted by atomic mass is 9.95. The van der Waals surface area contributed by atoms with Gasteiger partial charge in [-0.05, 0) is 5.41 Å². The monoisotopic (exact) mass is 298 g/mol. The number of aromatic nitrogens is 3. The van der Waals surface area contributed by atoms with Crippen LogP contribution in [0.5, 0.6) is 0 Å². The van der Waals surface area contributed by atoms with E-state index in [1.54, 1.807) is 11.8 Å². The van der Waals surface area contributed by atoms with E-state index in [1.807, 2.05) is 6.20 Å². The molecule has 2 rings (SSSR count). The maximum atomic E-state index is 10.1. The van der Waals surface area contributed by atoms with Gasteiger partial charge in [0.25, 0.3) is 0 Å². The molecule has 2 heterocycles. The Labute approximate surface area is 125 Å². The van der Waals surface area contributed by atoms with E-state index in [-0.39, 0.29) is 17.6 Å². The summed E-state index contributed by atoms with van der Waals surface area (Å²) in [6, 6.07) is -0.0840. The molecular weight excluding hydrogens is 272 g/mol. The molecule has 2 N–H and O–H groups in total. The fourth-order valence-electron chi connectivity index (χ4n) is 2.36. The molecule has 1 fully saturated rings. The van der Waals surface area contributed by atoms with Crippen molar-refractivity contribution in [1.82, 2.24) is 20.3 Å². The molecular formula is C14H26N4O3. The molecule has 7 heteroatoms. The Bertz CT molecular complexity index is 444. The molecule has 1 aromatic rings. The Balaban J connectivity index is 1.93. The van der Waals surface area contributed by atoms with Gasteiger partial charge >= 0.3 is 0 Å². The fraction of sp³-hybridized carbons (Fsp3) is 0.857. The zero-order valence-electron chi connectivity index (χ0n) is 13.2. The second kappa shape index (κ2) is 6.83. The summed E-state index contributed by atoms with van der Waals surface area (Å²) in [6.45, 7) is 8.66. The first kappa shape index (κ1) is 16.4. The van der Waals surface area contributed by atoms with E-state index in [9.17, 15) is 5.11 Å². The van der Waals surface area contributed by atoms with Gasteiger partial charge in [-0.3, -0.25) is 0 Å². The van der Waals surface area contributed by atoms with Crippen molar-refractivity contribution in [3.63, 3.8) is 0 Å². The zero-order chi connectivity index (χ0) is 15.5. The van der Waals surface area contributed by atoms with Crippen molar-refractivity contribution in [2.75, 3.05) is 20.3 Å². The molecule has 1 aromatic heterocycles. The van der Waals surface area contributed by atoms with E-state index >= 15 is 0 Å². The van der Waals surface area contributed by atoms with Crippen LogP contribution in [0.4, 0.5) is 0 Å². The smallest absolute Gasteiger partial charge is 0.108 e. The molecule has 0 radical (unpaired) electrons. The molecule has 0 aromatic carbocycles. The van der Waals surface area contributed by atoms with Crippen molar-refractivity contribution < 1.29 is 14.6 Å². The lowest BCUT2D eigenvalue weighted by Gasteiger charge is -2.26. The Hall–Kier alpha value is -1.02. The molecule has 0 saturated carbocycles. The average molecular weight is 298 g/mol. The van der Waals surface area contributed by atoms with Crippen molar-refractivity contribution in [1.29, 1.82) is 0 Å². The molecule has 1 aliphatic heterocycles. The quantitative estimate of drug-likeness (QED) is 0.780. The minimum absolute atomic E-state index is 0.0840. The van der Waals surface area contributed by atoms with Crippen LogP contribution in [0, 0.1) is 5.41 Å². The van der Waals surface area contributed by atoms with E-state index in [2.05, 4.69) is 36.4 Å². The number of hydrogen-bond donors (Lipinski definition) is 2. The van der Waals surface area contributed by atoms with Crippen LogP contribution in [-0.4, -0.2) is 58.6 Å². The third-order valence-electron chi connectivity index (χ3n) is 3.41. The summed E-state index contributed by atoms with van der Waals surface area (Å²) in [5.74, 6) is 0. The van der Waals surface area contributed by atoms with Gasteiger partial charge in [0, 0.05) is 13.7 Å². The van der Waals surface area contributed by atoms with E-state index in [4.69, 9.17) is 9.47 Å². The molecule has 1 saturated heterocycles. The highest BCUT2D eigenvalue weighted by atomic mass is 16.5. The van der Waals surface area contributed by atoms with E-state index in [0.29, 0.717) is 19.8 Å². The number of nitrogens with one attached hydrogen (secondary N) is 1. The molecule has 7 nitrogen and oxygen atoms in total. The van der Waals surface area contributed by atoms with Crippen molar-refractivity contribution in [3.05, 3.63) is 11.9 Å². The number of nitrogens with zero attached hydrogens (tertiary/aromatic N) is 3. The molecule has 120 valence electrons. The van der Waals surface area contributed by atoms with Gasteiger partial charge < -0.3 is 19.9 Å². The predicted octanol–water partition coefficient (Wildman–Crippen LogP) is 0.189. The first-order valence-electron chi connectivity index (χ1n) is 7.30. The minimum Gasteiger partial charge on any atom is -0.389 e. The van der Waals surface area contributed by atoms with Crippen molar-refractivity contribution >= 4 is 0 Å². The second-order valence-electron chi connectivity index (χ2n) is 6.77. The van der Waals surface area contributed by atoms with Crippen molar-refractivity contribution in [2.24, 2.45) is 5.41 Å². The van der Waals surface area contributed by atoms with E-state index < -0.39 is 6.10 Å². The number of methoxy groups -OCH3 is 1. The van der Waals surface area contributed by atoms with Crippen LogP contribution in [0.1, 0.15) is 26.5 Å². The van der Waals surface area contributed by atoms with Gasteiger partial charge in [0.1, 0.15) is 5.69 Å². The summed E-state index contributed by atoms with van der Waals surface area (Å²) in [6.07, 6.45) is 1.25. The third-order valence-corrected chi connectivity index (χ3v) is 3.41. The molecule has 21 heavy (non-hydrogen) atoms. The lowest BCUT2D eigenvalue weighted by Crippen LogP contribution is -2.48. The highest BCUT2D eigenvalue weighted by Gasteiger charge is 2.36. The first-order valence-corrected chi connectivity index (χ1v) is 7.30. The maximum absolute atomic E-state index is 10.1. The second-order valence-corrected chi connectivity index (χ2v) is 6.77. The number of ether oxygens (including phenoxy) is 2. The molecule has 3 atom stereocenters. The highest BCUT2D eigenvalue weighted by molar-refractivity contribution is 4.94. The van der Waals surface area contributed by atoms with Crippen LogP contribution in [0.15, 0.2) is 6.20 Å². The predicted molar refractivity (Wildman–Crippen MR) is 77.7 cm³/mol. The number of hydrogen-bond acceptors (Lipinski definition) is 6. The summed E-state index contributed by atoms with van der Waals surface area (Å²) in [4.78, 5) is 0. The summed E-state index contributed by atoms with van der Waals surface area (Å²) in [5, 5.41) is 21.6. The van der Waals surface area contributed by atoms with E-state index in [1.165, 1.54) is 0 Å². The van der Waals surface area contributed by atoms with Crippen LogP contribution < -0.4 is 5.32 Å². The van der Waals surface area contributed by atoms with Crippen LogP contribution in [-0.2, 0) is 22.6 Å². The maximum Gasteiger partial charge on any atom is 0.108 e. The third kappa shape index (κ3) is 4.74. The van der Waals surface area contributed by atoms with Crippen LogP contribution in [0.3, 0.4) is 0 Å². The number of rotatable bonds is 6. The van der Waals surface area contributed by atoms with Gasteiger partial charge in [0.05, 0.1) is 44.2 Å². The van der Waals surface area contributed by atoms with E-state index in [0.717, 1.165) is 12.2 Å². The first-order chi connectivity index (χ1) is 9.89. The number of aliphatic hydroxyl groups is 1. The molecule has 0 spiro atoms. The molecule has 0 amide bonds. The molecule has 0 unspecified atom stereocenters. The van der Waals surface area contributed by atoms with Crippen molar-refractivity contribution in [2.45, 2.75) is 52.2 Å². The minimum atomic E-state index is -0.487. The molecule has 0 bridgehead atoms. The lowest BCUT2D eigenvalue weighted by molar-refractivity contribution is 0.0736. The molecule has 0 aliphatic carbocycles. The highest BCUT2D eigenvalue weighted by Crippen LogP contribution is 2.19. The number of aliphatic hydroxyl groups excluding tert-OH is 1. The van der Waals surface area contributed by atoms with Gasteiger partial charge in [-0.25, -0.2) is 4.68 Å². The zero-order valence-corrected chi connectivity index (χ0v) is 13.2. The summed E-state index contributed by atoms with van der Waals surface area (Å²) in [7, 11) is 1.63. The fourth-order valence-corrected chi connectivity index (χ4v) is 2.36. The Morgan fingerprint density at radius 2 is 2.29 bits per heavy atom. The normalized spacial score (nSPS) is 26.4. The van der Waals surface area contributed by atoms with Gasteiger partial charge in [-0.1, -0.05) is 26.0 Å². The summed E-state index contributed by atoms with van der Waals surface area (Å²) < 4.78 is 12.4. The summed E-state index contributed by atoms with van der Waals surface area (Å²) >= 11 is 0. The van der Waals surface area contributed by atoms with Gasteiger partial charge in [0.15, 0.2) is 0 Å². The van der Waals surface area contributed by atoms with Crippen LogP contribution >= 0.6 is 0 Å². The SMILES string of the molecule is COCc1cn(C[C@H]2OC[C@H](O)[C@H]2NCC(C)(C)C)nn1. The molecule has 1 aliphatic rings. The van der Waals surface area contributed by atoms with Gasteiger partial charge in [-0.2, -0.15) is 0 Å². The Morgan fingerprint density at radius 3 is 2.95 bits per heavy atom. The van der Waals surface area contributed by atoms with Gasteiger partial charge in [0.2, 0.25) is 0 Å². The standard InChI is InChI=1S/C14H26N4O3/c1-14(2,3)9-15-13-11(19)8-21-12(13)6-18-5-10(7-20-4)16-17-18/h5,11-13,15,19H,6-9H2,1-4H3/t11-,12+,13+/m0/s1. The van der Waals surface area contributed by atoms with Gasteiger partial charge in [-0.15, -0.1) is 5.10 Å². The Kier molecular flexibility index (Phi) is 5.32. The van der Waals surface area contributed by atoms with Crippen LogP contribution in [0.2, 0.25) is 0 Å². The topological polar surface area (TPSA) is 81.4 Å². The Morgan fingerprint density at radius 1 is 1.52 bits per heavy atom. The summed E-state index contributed by atoms with van der Waals surface area (Å²) in [5.41, 5.74) is 0.946. The largest absolute Gasteiger partial charge is 0.389 e. The van der Waals surface area contributed by atoms with Crippen LogP contribution in [0.25, 0.3) is 0 Å².